The molecule has 0 aromatic heterocycles. The highest BCUT2D eigenvalue weighted by Crippen LogP contribution is 2.49. The summed E-state index contributed by atoms with van der Waals surface area (Å²) in [5, 5.41) is 36.7. The van der Waals surface area contributed by atoms with Crippen LogP contribution in [-0.4, -0.2) is 112 Å². The van der Waals surface area contributed by atoms with Crippen LogP contribution in [0, 0.1) is 0 Å². The van der Waals surface area contributed by atoms with Crippen molar-refractivity contribution in [2.45, 2.75) is 170 Å². The maximum absolute atomic E-state index is 13.2. The van der Waals surface area contributed by atoms with Gasteiger partial charge in [-0.25, -0.2) is 19.2 Å². The fourth-order valence-corrected chi connectivity index (χ4v) is 16.7. The summed E-state index contributed by atoms with van der Waals surface area (Å²) in [5.41, 5.74) is 9.06. The summed E-state index contributed by atoms with van der Waals surface area (Å²) in [7, 11) is 1.83. The third-order valence-corrected chi connectivity index (χ3v) is 31.4. The van der Waals surface area contributed by atoms with E-state index in [9.17, 15) is 48.6 Å². The van der Waals surface area contributed by atoms with E-state index >= 15 is 0 Å². The van der Waals surface area contributed by atoms with Gasteiger partial charge in [-0.1, -0.05) is 102 Å². The number of Topliss-reactive ketones (excluding diaryl/α,β-unsaturated/α-hetero) is 4. The van der Waals surface area contributed by atoms with Crippen LogP contribution in [-0.2, 0) is 32.3 Å². The van der Waals surface area contributed by atoms with Gasteiger partial charge in [0, 0.05) is 45.1 Å². The number of nitrogens with zero attached hydrogens (tertiary/aromatic N) is 2. The van der Waals surface area contributed by atoms with Gasteiger partial charge in [0.15, 0.2) is 69.1 Å². The molecule has 8 N–H and O–H groups in total. The smallest absolute Gasteiger partial charge is 0.322 e. The van der Waals surface area contributed by atoms with E-state index in [1.807, 2.05) is 91.9 Å². The highest BCUT2D eigenvalue weighted by atomic mass is 79.9. The predicted molar refractivity (Wildman–Crippen MR) is 451 cm³/mol. The number of carbonyl (C=O) groups excluding carboxylic acids is 8. The lowest BCUT2D eigenvalue weighted by molar-refractivity contribution is -0.115. The third kappa shape index (κ3) is 21.0. The van der Waals surface area contributed by atoms with Crippen molar-refractivity contribution in [2.24, 2.45) is 0 Å². The Balaban J connectivity index is 0.000000210. The van der Waals surface area contributed by atoms with Crippen LogP contribution in [0.5, 0.6) is 46.0 Å². The van der Waals surface area contributed by atoms with Crippen molar-refractivity contribution in [2.75, 3.05) is 28.4 Å². The minimum absolute atomic E-state index is 0.0112. The molecule has 10 rings (SSSR count). The number of hydrogen-bond donors (Lipinski definition) is 8. The minimum Gasteiger partial charge on any atom is -0.540 e. The summed E-state index contributed by atoms with van der Waals surface area (Å²) in [6, 6.07) is 29.6. The molecule has 600 valence electrons. The van der Waals surface area contributed by atoms with Crippen LogP contribution < -0.4 is 59.7 Å². The molecule has 6 aromatic rings. The van der Waals surface area contributed by atoms with E-state index in [1.54, 1.807) is 69.1 Å². The molecule has 4 unspecified atom stereocenters. The second kappa shape index (κ2) is 37.2. The first-order valence-corrected chi connectivity index (χ1v) is 44.7. The average Bonchev–Trinajstić information content (AvgIpc) is 0.777. The summed E-state index contributed by atoms with van der Waals surface area (Å²) < 4.78 is 36.9. The van der Waals surface area contributed by atoms with Crippen LogP contribution in [0.15, 0.2) is 172 Å². The van der Waals surface area contributed by atoms with Crippen LogP contribution in [0.4, 0.5) is 19.2 Å². The van der Waals surface area contributed by atoms with Gasteiger partial charge in [0.2, 0.25) is 0 Å². The number of benzene rings is 6. The Hall–Kier alpha value is -9.21. The number of halogens is 4. The van der Waals surface area contributed by atoms with E-state index in [0.717, 1.165) is 31.2 Å². The Bertz CT molecular complexity index is 4790. The quantitative estimate of drug-likeness (QED) is 0.0329. The number of rotatable bonds is 20. The molecule has 4 atom stereocenters. The number of hydrogen-bond acceptors (Lipinski definition) is 16. The molecule has 4 aliphatic rings. The van der Waals surface area contributed by atoms with Crippen LogP contribution in [0.2, 0.25) is 36.3 Å². The Morgan fingerprint density at radius 1 is 0.420 bits per heavy atom. The number of aromatic hydroxyl groups is 2. The first kappa shape index (κ1) is 90.0. The van der Waals surface area contributed by atoms with Gasteiger partial charge in [-0.05, 0) is 237 Å². The molecule has 0 bridgehead atoms. The number of urea groups is 4. The highest BCUT2D eigenvalue weighted by molar-refractivity contribution is 9.11. The number of ketones is 4. The van der Waals surface area contributed by atoms with Crippen LogP contribution >= 0.6 is 63.7 Å². The Kier molecular flexibility index (Phi) is 29.9. The zero-order valence-corrected chi connectivity index (χ0v) is 75.5. The molecule has 30 heteroatoms. The summed E-state index contributed by atoms with van der Waals surface area (Å²) in [6.07, 6.45) is 0. The molecule has 0 fully saturated rings. The lowest BCUT2D eigenvalue weighted by Gasteiger charge is -2.38. The average molecular weight is 1830 g/mol. The van der Waals surface area contributed by atoms with Gasteiger partial charge in [0.05, 0.1) is 83.6 Å². The van der Waals surface area contributed by atoms with Crippen molar-refractivity contribution < 1.29 is 76.4 Å². The topological polar surface area (TPSA) is 311 Å². The van der Waals surface area contributed by atoms with Crippen molar-refractivity contribution in [3.8, 4) is 46.0 Å². The van der Waals surface area contributed by atoms with Gasteiger partial charge in [-0.2, -0.15) is 0 Å². The molecular formula is C82H100Br4N8O16Si2. The standard InChI is InChI=1S/C27H35BrN2O4Si.C21H21BrN2O4.C20H29BrN2O4Si.C14H15BrN2O4/c1-17-23(18(2)31)24(29-26(32)30(17)16-19-12-10-9-11-13-19)20-14-21(28)25(22(15-20)33-6)34-35(7,8)27(3,4)5;1-12-18(13(2)25)19(15-9-16(22)20(26)17(10-15)28-3)23-21(27)24(12)11-14-7-5-4-6-8-14;1-11-16(12(2)24)17(23-19(25)22-11)13-9-14(21)18(15(10-13)26-6)27-28(7,8)20(3,4)5;1-6-11(7(2)18)12(17-14(20)16-6)8-4-9(15)13(19)10(5-8)21-3/h9-15,24H,16H2,1-8H3,(H,29,32);4-10,19,26H,11H2,1-3H3,(H,23,27);9-10,17H,1-8H3,(H2,22,23,25);4-5,12,19H,1-3H3,(H2,16,17,20). The fourth-order valence-electron chi connectivity index (χ4n) is 12.4. The second-order valence-corrected chi connectivity index (χ2v) is 43.0. The summed E-state index contributed by atoms with van der Waals surface area (Å²) in [4.78, 5) is 102. The van der Waals surface area contributed by atoms with E-state index in [1.165, 1.54) is 41.9 Å². The summed E-state index contributed by atoms with van der Waals surface area (Å²) >= 11 is 13.8. The van der Waals surface area contributed by atoms with Gasteiger partial charge < -0.3 is 69.9 Å². The van der Waals surface area contributed by atoms with Gasteiger partial charge >= 0.3 is 24.1 Å². The highest BCUT2D eigenvalue weighted by Gasteiger charge is 2.44. The molecule has 112 heavy (non-hydrogen) atoms. The molecule has 6 aromatic carbocycles. The molecule has 0 spiro atoms. The first-order valence-electron chi connectivity index (χ1n) is 35.7. The number of nitrogens with one attached hydrogen (secondary N) is 6. The van der Waals surface area contributed by atoms with Crippen molar-refractivity contribution in [1.82, 2.24) is 41.7 Å². The van der Waals surface area contributed by atoms with E-state index in [2.05, 4.69) is 163 Å². The van der Waals surface area contributed by atoms with E-state index in [-0.39, 0.29) is 80.3 Å². The predicted octanol–water partition coefficient (Wildman–Crippen LogP) is 18.7. The normalized spacial score (nSPS) is 17.3. The van der Waals surface area contributed by atoms with Crippen molar-refractivity contribution >= 4 is 128 Å². The largest absolute Gasteiger partial charge is 0.540 e. The lowest BCUT2D eigenvalue weighted by Crippen LogP contribution is -2.47. The zero-order chi connectivity index (χ0) is 83.7. The SMILES string of the molecule is COc1cc(C2NC(=O)N(Cc3ccccc3)C(C)=C2C(C)=O)cc(Br)c1O.COc1cc(C2NC(=O)N(Cc3ccccc3)C(C)=C2C(C)=O)cc(Br)c1O[Si](C)(C)C(C)(C)C.COc1cc(C2NC(=O)NC(C)=C2C(C)=O)cc(Br)c1O.COc1cc(C2NC(=O)NC(C)=C2C(C)=O)cc(Br)c1O[Si](C)(C)C(C)(C)C. The molecule has 8 amide bonds. The monoisotopic (exact) mass is 1820 g/mol. The molecular weight excluding hydrogens is 1730 g/mol. The molecule has 24 nitrogen and oxygen atoms in total. The maximum Gasteiger partial charge on any atom is 0.322 e. The molecule has 4 aliphatic heterocycles. The lowest BCUT2D eigenvalue weighted by atomic mass is 9.92. The number of phenolic OH excluding ortho intramolecular Hbond substituents is 2. The van der Waals surface area contributed by atoms with E-state index in [0.29, 0.717) is 101 Å². The summed E-state index contributed by atoms with van der Waals surface area (Å²) in [5.74, 6) is 2.35. The fraction of sp³-hybridized carbons (Fsp3) is 0.366. The Labute approximate surface area is 691 Å². The zero-order valence-electron chi connectivity index (χ0n) is 67.1. The van der Waals surface area contributed by atoms with Crippen LogP contribution in [0.25, 0.3) is 0 Å². The van der Waals surface area contributed by atoms with Gasteiger partial charge in [-0.15, -0.1) is 0 Å². The molecule has 0 aliphatic carbocycles. The summed E-state index contributed by atoms with van der Waals surface area (Å²) in [6.45, 7) is 35.4. The van der Waals surface area contributed by atoms with Crippen molar-refractivity contribution in [3.63, 3.8) is 0 Å². The molecule has 0 saturated heterocycles. The number of ether oxygens (including phenoxy) is 4. The number of allylic oxidation sites excluding steroid dienone is 4. The molecule has 4 heterocycles. The van der Waals surface area contributed by atoms with Gasteiger partial charge in [0.25, 0.3) is 16.6 Å². The van der Waals surface area contributed by atoms with Crippen molar-refractivity contribution in [1.29, 1.82) is 0 Å². The third-order valence-electron chi connectivity index (χ3n) is 20.3. The van der Waals surface area contributed by atoms with Gasteiger partial charge in [-0.3, -0.25) is 29.0 Å². The second-order valence-electron chi connectivity index (χ2n) is 30.2. The molecule has 0 saturated carbocycles. The number of carbonyl (C=O) groups is 8. The number of methoxy groups -OCH3 is 4. The van der Waals surface area contributed by atoms with Crippen LogP contribution in [0.1, 0.15) is 154 Å². The van der Waals surface area contributed by atoms with E-state index in [4.69, 9.17) is 27.8 Å². The minimum atomic E-state index is -2.13. The number of amides is 8. The van der Waals surface area contributed by atoms with Crippen molar-refractivity contribution in [3.05, 3.63) is 206 Å². The maximum atomic E-state index is 13.2. The first-order chi connectivity index (χ1) is 52.2. The van der Waals surface area contributed by atoms with E-state index < -0.39 is 40.8 Å². The van der Waals surface area contributed by atoms with Gasteiger partial charge in [0.1, 0.15) is 0 Å². The molecule has 0 radical (unpaired) electrons. The Morgan fingerprint density at radius 2 is 0.688 bits per heavy atom. The van der Waals surface area contributed by atoms with Crippen LogP contribution in [0.3, 0.4) is 0 Å². The number of phenols is 2. The Morgan fingerprint density at radius 3 is 0.955 bits per heavy atom.